The molecule has 22 heavy (non-hydrogen) atoms. The maximum absolute atomic E-state index is 12.6. The molecule has 3 rings (SSSR count). The van der Waals surface area contributed by atoms with Crippen molar-refractivity contribution >= 4 is 16.8 Å². The lowest BCUT2D eigenvalue weighted by Crippen LogP contribution is -2.34. The average molecular weight is 299 g/mol. The molecule has 0 saturated carbocycles. The molecule has 0 N–H and O–H groups in total. The number of hydrogen-bond acceptors (Lipinski definition) is 4. The van der Waals surface area contributed by atoms with E-state index in [1.807, 2.05) is 29.2 Å². The van der Waals surface area contributed by atoms with E-state index in [9.17, 15) is 4.79 Å². The molecule has 1 aliphatic heterocycles. The van der Waals surface area contributed by atoms with Crippen LogP contribution in [0.4, 0.5) is 0 Å². The van der Waals surface area contributed by atoms with E-state index in [0.29, 0.717) is 5.69 Å². The minimum Gasteiger partial charge on any atom is -0.497 e. The summed E-state index contributed by atoms with van der Waals surface area (Å²) in [7, 11) is 3.73. The van der Waals surface area contributed by atoms with E-state index in [-0.39, 0.29) is 5.91 Å². The number of pyridine rings is 1. The van der Waals surface area contributed by atoms with Crippen LogP contribution < -0.4 is 4.74 Å². The molecule has 5 heteroatoms. The number of likely N-dealkylation sites (N-methyl/N-ethyl adjacent to an activating group) is 1. The van der Waals surface area contributed by atoms with Gasteiger partial charge < -0.3 is 14.5 Å². The minimum atomic E-state index is 0.0213. The zero-order chi connectivity index (χ0) is 15.5. The van der Waals surface area contributed by atoms with Crippen LogP contribution in [-0.4, -0.2) is 61.0 Å². The van der Waals surface area contributed by atoms with Crippen molar-refractivity contribution in [3.63, 3.8) is 0 Å². The molecule has 1 aliphatic rings. The van der Waals surface area contributed by atoms with Gasteiger partial charge in [-0.2, -0.15) is 0 Å². The first-order chi connectivity index (χ1) is 10.7. The van der Waals surface area contributed by atoms with Crippen molar-refractivity contribution in [2.45, 2.75) is 6.42 Å². The third kappa shape index (κ3) is 3.04. The van der Waals surface area contributed by atoms with E-state index in [1.165, 1.54) is 0 Å². The normalized spacial score (nSPS) is 16.5. The summed E-state index contributed by atoms with van der Waals surface area (Å²) in [4.78, 5) is 21.3. The summed E-state index contributed by atoms with van der Waals surface area (Å²) in [6.07, 6.45) is 1.01. The molecule has 0 radical (unpaired) electrons. The summed E-state index contributed by atoms with van der Waals surface area (Å²) in [6.45, 7) is 3.51. The number of ether oxygens (including phenoxy) is 1. The molecular weight excluding hydrogens is 278 g/mol. The molecule has 1 aromatic heterocycles. The van der Waals surface area contributed by atoms with Crippen molar-refractivity contribution in [1.82, 2.24) is 14.8 Å². The monoisotopic (exact) mass is 299 g/mol. The number of methoxy groups -OCH3 is 1. The van der Waals surface area contributed by atoms with Gasteiger partial charge >= 0.3 is 0 Å². The second-order valence-electron chi connectivity index (χ2n) is 5.70. The topological polar surface area (TPSA) is 45.7 Å². The molecule has 116 valence electrons. The van der Waals surface area contributed by atoms with Crippen LogP contribution in [0.15, 0.2) is 30.3 Å². The van der Waals surface area contributed by atoms with Crippen molar-refractivity contribution in [3.8, 4) is 5.75 Å². The highest BCUT2D eigenvalue weighted by molar-refractivity contribution is 5.95. The summed E-state index contributed by atoms with van der Waals surface area (Å²) in [5, 5.41) is 0.978. The van der Waals surface area contributed by atoms with Gasteiger partial charge in [0.05, 0.1) is 12.6 Å². The Kier molecular flexibility index (Phi) is 4.24. The van der Waals surface area contributed by atoms with Crippen LogP contribution in [0.1, 0.15) is 16.9 Å². The molecule has 5 nitrogen and oxygen atoms in total. The van der Waals surface area contributed by atoms with Crippen LogP contribution in [-0.2, 0) is 0 Å². The average Bonchev–Trinajstić information content (AvgIpc) is 2.77. The highest BCUT2D eigenvalue weighted by Gasteiger charge is 2.20. The molecule has 0 unspecified atom stereocenters. The summed E-state index contributed by atoms with van der Waals surface area (Å²) >= 11 is 0. The molecule has 1 fully saturated rings. The molecule has 1 amide bonds. The molecule has 1 aromatic carbocycles. The van der Waals surface area contributed by atoms with E-state index in [0.717, 1.165) is 49.3 Å². The van der Waals surface area contributed by atoms with Gasteiger partial charge in [-0.25, -0.2) is 4.98 Å². The Bertz CT molecular complexity index is 687. The van der Waals surface area contributed by atoms with Crippen LogP contribution in [0.3, 0.4) is 0 Å². The molecule has 0 spiro atoms. The molecular formula is C17H21N3O2. The summed E-state index contributed by atoms with van der Waals surface area (Å²) in [6, 6.07) is 9.42. The lowest BCUT2D eigenvalue weighted by atomic mass is 10.2. The third-order valence-corrected chi connectivity index (χ3v) is 4.12. The third-order valence-electron chi connectivity index (χ3n) is 4.12. The fourth-order valence-electron chi connectivity index (χ4n) is 2.76. The number of amides is 1. The van der Waals surface area contributed by atoms with Crippen LogP contribution in [0.25, 0.3) is 10.9 Å². The standard InChI is InChI=1S/C17H21N3O2/c1-19-8-3-9-20(11-10-19)17(21)16-6-4-13-12-14(22-2)5-7-15(13)18-16/h4-7,12H,3,8-11H2,1-2H3. The van der Waals surface area contributed by atoms with Gasteiger partial charge in [0.15, 0.2) is 0 Å². The second-order valence-corrected chi connectivity index (χ2v) is 5.70. The fourth-order valence-corrected chi connectivity index (χ4v) is 2.76. The van der Waals surface area contributed by atoms with Gasteiger partial charge in [0.2, 0.25) is 0 Å². The van der Waals surface area contributed by atoms with E-state index < -0.39 is 0 Å². The Labute approximate surface area is 130 Å². The summed E-state index contributed by atoms with van der Waals surface area (Å²) in [5.74, 6) is 0.817. The van der Waals surface area contributed by atoms with Crippen LogP contribution in [0, 0.1) is 0 Å². The first-order valence-electron chi connectivity index (χ1n) is 7.60. The number of benzene rings is 1. The number of carbonyl (C=O) groups is 1. The smallest absolute Gasteiger partial charge is 0.272 e. The molecule has 0 atom stereocenters. The molecule has 1 saturated heterocycles. The summed E-state index contributed by atoms with van der Waals surface area (Å²) in [5.41, 5.74) is 1.33. The SMILES string of the molecule is COc1ccc2nc(C(=O)N3CCCN(C)CC3)ccc2c1. The lowest BCUT2D eigenvalue weighted by molar-refractivity contribution is 0.0757. The van der Waals surface area contributed by atoms with Crippen LogP contribution >= 0.6 is 0 Å². The van der Waals surface area contributed by atoms with Gasteiger partial charge in [-0.15, -0.1) is 0 Å². The number of rotatable bonds is 2. The van der Waals surface area contributed by atoms with Crippen molar-refractivity contribution in [2.75, 3.05) is 40.3 Å². The van der Waals surface area contributed by atoms with Gasteiger partial charge in [-0.05, 0) is 44.3 Å². The molecule has 0 bridgehead atoms. The van der Waals surface area contributed by atoms with Crippen molar-refractivity contribution in [3.05, 3.63) is 36.0 Å². The van der Waals surface area contributed by atoms with Gasteiger partial charge in [0.25, 0.3) is 5.91 Å². The lowest BCUT2D eigenvalue weighted by Gasteiger charge is -2.20. The highest BCUT2D eigenvalue weighted by Crippen LogP contribution is 2.20. The largest absolute Gasteiger partial charge is 0.497 e. The molecule has 0 aliphatic carbocycles. The van der Waals surface area contributed by atoms with Gasteiger partial charge in [-0.1, -0.05) is 6.07 Å². The summed E-state index contributed by atoms with van der Waals surface area (Å²) < 4.78 is 5.21. The zero-order valence-corrected chi connectivity index (χ0v) is 13.1. The van der Waals surface area contributed by atoms with Crippen LogP contribution in [0.2, 0.25) is 0 Å². The Morgan fingerprint density at radius 2 is 2.00 bits per heavy atom. The number of hydrogen-bond donors (Lipinski definition) is 0. The number of nitrogens with zero attached hydrogens (tertiary/aromatic N) is 3. The fraction of sp³-hybridized carbons (Fsp3) is 0.412. The predicted octanol–water partition coefficient (Wildman–Crippen LogP) is 2.02. The Balaban J connectivity index is 1.84. The van der Waals surface area contributed by atoms with Crippen molar-refractivity contribution in [1.29, 1.82) is 0 Å². The maximum atomic E-state index is 12.6. The van der Waals surface area contributed by atoms with E-state index in [4.69, 9.17) is 4.74 Å². The van der Waals surface area contributed by atoms with Crippen molar-refractivity contribution < 1.29 is 9.53 Å². The Morgan fingerprint density at radius 3 is 2.82 bits per heavy atom. The number of carbonyl (C=O) groups excluding carboxylic acids is 1. The van der Waals surface area contributed by atoms with Gasteiger partial charge in [-0.3, -0.25) is 4.79 Å². The maximum Gasteiger partial charge on any atom is 0.272 e. The van der Waals surface area contributed by atoms with E-state index >= 15 is 0 Å². The predicted molar refractivity (Wildman–Crippen MR) is 86.3 cm³/mol. The molecule has 2 aromatic rings. The first-order valence-corrected chi connectivity index (χ1v) is 7.60. The number of fused-ring (bicyclic) bond motifs is 1. The van der Waals surface area contributed by atoms with Gasteiger partial charge in [0.1, 0.15) is 11.4 Å². The minimum absolute atomic E-state index is 0.0213. The van der Waals surface area contributed by atoms with Crippen molar-refractivity contribution in [2.24, 2.45) is 0 Å². The van der Waals surface area contributed by atoms with E-state index in [2.05, 4.69) is 16.9 Å². The second kappa shape index (κ2) is 6.32. The molecule has 2 heterocycles. The first kappa shape index (κ1) is 14.8. The highest BCUT2D eigenvalue weighted by atomic mass is 16.5. The number of aromatic nitrogens is 1. The Morgan fingerprint density at radius 1 is 1.14 bits per heavy atom. The Hall–Kier alpha value is -2.14. The quantitative estimate of drug-likeness (QED) is 0.851. The van der Waals surface area contributed by atoms with Gasteiger partial charge in [0, 0.05) is 25.0 Å². The van der Waals surface area contributed by atoms with Crippen LogP contribution in [0.5, 0.6) is 5.75 Å². The van der Waals surface area contributed by atoms with E-state index in [1.54, 1.807) is 13.2 Å². The zero-order valence-electron chi connectivity index (χ0n) is 13.1.